The summed E-state index contributed by atoms with van der Waals surface area (Å²) >= 11 is 1.62. The molecule has 2 aromatic heterocycles. The summed E-state index contributed by atoms with van der Waals surface area (Å²) in [5.74, 6) is 3.40. The van der Waals surface area contributed by atoms with Crippen molar-refractivity contribution >= 4 is 22.7 Å². The van der Waals surface area contributed by atoms with Gasteiger partial charge in [-0.15, -0.1) is 0 Å². The second-order valence-electron chi connectivity index (χ2n) is 6.87. The molecule has 6 heteroatoms. The van der Waals surface area contributed by atoms with E-state index in [4.69, 9.17) is 14.2 Å². The van der Waals surface area contributed by atoms with Crippen molar-refractivity contribution in [2.75, 3.05) is 7.11 Å². The van der Waals surface area contributed by atoms with Gasteiger partial charge in [-0.2, -0.15) is 4.98 Å². The van der Waals surface area contributed by atoms with Gasteiger partial charge in [-0.3, -0.25) is 0 Å². The summed E-state index contributed by atoms with van der Waals surface area (Å²) in [5, 5.41) is 6.14. The minimum absolute atomic E-state index is 0.474. The van der Waals surface area contributed by atoms with E-state index in [1.54, 1.807) is 18.9 Å². The van der Waals surface area contributed by atoms with Crippen molar-refractivity contribution in [3.05, 3.63) is 66.3 Å². The van der Waals surface area contributed by atoms with Crippen LogP contribution in [0.25, 0.3) is 22.0 Å². The van der Waals surface area contributed by atoms with E-state index >= 15 is 0 Å². The Labute approximate surface area is 167 Å². The molecule has 0 amide bonds. The number of benzene rings is 2. The molecule has 0 spiro atoms. The smallest absolute Gasteiger partial charge is 0.229 e. The molecule has 1 aliphatic rings. The number of pyridine rings is 1. The van der Waals surface area contributed by atoms with Crippen LogP contribution in [0.15, 0.2) is 64.1 Å². The SMILES string of the molecule is COc1ccc2c(-c3ccccc3)cc(SCc3noc(C4CC4)n3)nc2c1. The van der Waals surface area contributed by atoms with E-state index < -0.39 is 0 Å². The van der Waals surface area contributed by atoms with E-state index in [1.165, 1.54) is 0 Å². The minimum Gasteiger partial charge on any atom is -0.497 e. The number of hydrogen-bond donors (Lipinski definition) is 0. The maximum atomic E-state index is 5.39. The van der Waals surface area contributed by atoms with Gasteiger partial charge in [0.2, 0.25) is 5.89 Å². The fourth-order valence-electron chi connectivity index (χ4n) is 3.20. The molecule has 2 heterocycles. The van der Waals surface area contributed by atoms with Crippen LogP contribution in [-0.2, 0) is 5.75 Å². The zero-order chi connectivity index (χ0) is 18.9. The number of nitrogens with zero attached hydrogens (tertiary/aromatic N) is 3. The van der Waals surface area contributed by atoms with E-state index in [1.807, 2.05) is 18.2 Å². The van der Waals surface area contributed by atoms with Crippen LogP contribution >= 0.6 is 11.8 Å². The lowest BCUT2D eigenvalue weighted by Crippen LogP contribution is -1.91. The van der Waals surface area contributed by atoms with Crippen molar-refractivity contribution in [3.8, 4) is 16.9 Å². The second-order valence-corrected chi connectivity index (χ2v) is 7.86. The number of hydrogen-bond acceptors (Lipinski definition) is 6. The number of thioether (sulfide) groups is 1. The quantitative estimate of drug-likeness (QED) is 0.408. The van der Waals surface area contributed by atoms with Gasteiger partial charge >= 0.3 is 0 Å². The molecule has 5 nitrogen and oxygen atoms in total. The fourth-order valence-corrected chi connectivity index (χ4v) is 3.96. The Morgan fingerprint density at radius 1 is 1.07 bits per heavy atom. The number of fused-ring (bicyclic) bond motifs is 1. The maximum Gasteiger partial charge on any atom is 0.229 e. The number of methoxy groups -OCH3 is 1. The summed E-state index contributed by atoms with van der Waals surface area (Å²) in [6.45, 7) is 0. The van der Waals surface area contributed by atoms with Crippen LogP contribution in [0.1, 0.15) is 30.5 Å². The minimum atomic E-state index is 0.474. The summed E-state index contributed by atoms with van der Waals surface area (Å²) in [7, 11) is 1.67. The first-order valence-corrected chi connectivity index (χ1v) is 10.3. The Balaban J connectivity index is 1.50. The van der Waals surface area contributed by atoms with Crippen molar-refractivity contribution in [2.45, 2.75) is 29.5 Å². The highest BCUT2D eigenvalue weighted by Crippen LogP contribution is 2.39. The highest BCUT2D eigenvalue weighted by molar-refractivity contribution is 7.98. The summed E-state index contributed by atoms with van der Waals surface area (Å²) in [4.78, 5) is 9.35. The predicted molar refractivity (Wildman–Crippen MR) is 110 cm³/mol. The normalized spacial score (nSPS) is 13.8. The molecule has 5 rings (SSSR count). The van der Waals surface area contributed by atoms with Crippen LogP contribution in [0.5, 0.6) is 5.75 Å². The van der Waals surface area contributed by atoms with Gasteiger partial charge in [-0.25, -0.2) is 4.98 Å². The molecule has 0 atom stereocenters. The average molecular weight is 389 g/mol. The van der Waals surface area contributed by atoms with Crippen LogP contribution < -0.4 is 4.74 Å². The third-order valence-corrected chi connectivity index (χ3v) is 5.75. The molecule has 0 radical (unpaired) electrons. The van der Waals surface area contributed by atoms with Crippen LogP contribution in [0, 0.1) is 0 Å². The second kappa shape index (κ2) is 7.28. The summed E-state index contributed by atoms with van der Waals surface area (Å²) in [6.07, 6.45) is 2.31. The number of aromatic nitrogens is 3. The van der Waals surface area contributed by atoms with Gasteiger partial charge in [-0.05, 0) is 42.2 Å². The monoisotopic (exact) mass is 389 g/mol. The van der Waals surface area contributed by atoms with Gasteiger partial charge in [0.25, 0.3) is 0 Å². The van der Waals surface area contributed by atoms with Gasteiger partial charge in [0.15, 0.2) is 5.82 Å². The van der Waals surface area contributed by atoms with Crippen LogP contribution in [0.2, 0.25) is 0 Å². The summed E-state index contributed by atoms with van der Waals surface area (Å²) in [6, 6.07) is 18.5. The Morgan fingerprint density at radius 3 is 2.71 bits per heavy atom. The van der Waals surface area contributed by atoms with Crippen molar-refractivity contribution in [2.24, 2.45) is 0 Å². The lowest BCUT2D eigenvalue weighted by atomic mass is 10.0. The largest absolute Gasteiger partial charge is 0.497 e. The lowest BCUT2D eigenvalue weighted by molar-refractivity contribution is 0.375. The molecule has 0 saturated heterocycles. The third-order valence-electron chi connectivity index (χ3n) is 4.84. The van der Waals surface area contributed by atoms with Gasteiger partial charge in [-0.1, -0.05) is 47.3 Å². The van der Waals surface area contributed by atoms with Crippen LogP contribution in [-0.4, -0.2) is 22.2 Å². The first kappa shape index (κ1) is 17.3. The van der Waals surface area contributed by atoms with E-state index in [2.05, 4.69) is 46.5 Å². The van der Waals surface area contributed by atoms with Crippen molar-refractivity contribution in [3.63, 3.8) is 0 Å². The third kappa shape index (κ3) is 3.47. The molecule has 2 aromatic carbocycles. The topological polar surface area (TPSA) is 61.0 Å². The predicted octanol–water partition coefficient (Wildman–Crippen LogP) is 5.46. The number of rotatable bonds is 6. The molecular formula is C22H19N3O2S. The summed E-state index contributed by atoms with van der Waals surface area (Å²) in [5.41, 5.74) is 3.23. The molecule has 0 N–H and O–H groups in total. The highest BCUT2D eigenvalue weighted by Gasteiger charge is 2.29. The standard InChI is InChI=1S/C22H19N3O2S/c1-26-16-9-10-17-18(14-5-3-2-4-6-14)12-21(23-19(17)11-16)28-13-20-24-22(27-25-20)15-7-8-15/h2-6,9-12,15H,7-8,13H2,1H3. The number of ether oxygens (including phenoxy) is 1. The van der Waals surface area contributed by atoms with E-state index in [0.717, 1.165) is 57.4 Å². The van der Waals surface area contributed by atoms with Crippen molar-refractivity contribution in [1.29, 1.82) is 0 Å². The zero-order valence-corrected chi connectivity index (χ0v) is 16.3. The molecule has 1 saturated carbocycles. The highest BCUT2D eigenvalue weighted by atomic mass is 32.2. The molecule has 0 bridgehead atoms. The van der Waals surface area contributed by atoms with Crippen molar-refractivity contribution in [1.82, 2.24) is 15.1 Å². The van der Waals surface area contributed by atoms with Gasteiger partial charge in [0, 0.05) is 17.4 Å². The lowest BCUT2D eigenvalue weighted by Gasteiger charge is -2.10. The Kier molecular flexibility index (Phi) is 4.49. The van der Waals surface area contributed by atoms with E-state index in [0.29, 0.717) is 11.7 Å². The zero-order valence-electron chi connectivity index (χ0n) is 15.5. The molecule has 140 valence electrons. The Bertz CT molecular complexity index is 1120. The van der Waals surface area contributed by atoms with Crippen molar-refractivity contribution < 1.29 is 9.26 Å². The average Bonchev–Trinajstić information content (AvgIpc) is 3.49. The van der Waals surface area contributed by atoms with Gasteiger partial charge in [0.1, 0.15) is 5.75 Å². The van der Waals surface area contributed by atoms with Crippen LogP contribution in [0.3, 0.4) is 0 Å². The molecule has 1 fully saturated rings. The van der Waals surface area contributed by atoms with Gasteiger partial charge in [0.05, 0.1) is 23.4 Å². The first-order valence-electron chi connectivity index (χ1n) is 9.29. The Morgan fingerprint density at radius 2 is 1.93 bits per heavy atom. The van der Waals surface area contributed by atoms with Crippen LogP contribution in [0.4, 0.5) is 0 Å². The summed E-state index contributed by atoms with van der Waals surface area (Å²) < 4.78 is 10.7. The molecule has 0 aliphatic heterocycles. The molecule has 0 unspecified atom stereocenters. The molecular weight excluding hydrogens is 370 g/mol. The Hall–Kier alpha value is -2.86. The molecule has 28 heavy (non-hydrogen) atoms. The van der Waals surface area contributed by atoms with Gasteiger partial charge < -0.3 is 9.26 Å². The van der Waals surface area contributed by atoms with E-state index in [9.17, 15) is 0 Å². The first-order chi connectivity index (χ1) is 13.8. The maximum absolute atomic E-state index is 5.39. The van der Waals surface area contributed by atoms with E-state index in [-0.39, 0.29) is 0 Å². The molecule has 1 aliphatic carbocycles. The molecule has 4 aromatic rings. The fraction of sp³-hybridized carbons (Fsp3) is 0.227.